The number of methoxy groups -OCH3 is 1. The summed E-state index contributed by atoms with van der Waals surface area (Å²) >= 11 is 0. The molecule has 0 spiro atoms. The van der Waals surface area contributed by atoms with Gasteiger partial charge in [0.2, 0.25) is 0 Å². The van der Waals surface area contributed by atoms with E-state index in [1.165, 1.54) is 11.1 Å². The summed E-state index contributed by atoms with van der Waals surface area (Å²) in [6.07, 6.45) is 5.72. The summed E-state index contributed by atoms with van der Waals surface area (Å²) < 4.78 is 5.81. The molecule has 0 saturated heterocycles. The lowest BCUT2D eigenvalue weighted by Gasteiger charge is -2.39. The Kier molecular flexibility index (Phi) is 5.09. The van der Waals surface area contributed by atoms with E-state index in [1.54, 1.807) is 7.11 Å². The largest absolute Gasteiger partial charge is 0.376 e. The number of hydrogen-bond donors (Lipinski definition) is 1. The highest BCUT2D eigenvalue weighted by Gasteiger charge is 2.36. The number of likely N-dealkylation sites (N-methyl/N-ethyl adjacent to an activating group) is 1. The van der Waals surface area contributed by atoms with Gasteiger partial charge in [0, 0.05) is 19.5 Å². The lowest BCUT2D eigenvalue weighted by atomic mass is 9.83. The van der Waals surface area contributed by atoms with E-state index in [4.69, 9.17) is 4.74 Å². The molecule has 0 aliphatic heterocycles. The lowest BCUT2D eigenvalue weighted by molar-refractivity contribution is -0.0470. The van der Waals surface area contributed by atoms with Gasteiger partial charge in [-0.1, -0.05) is 13.8 Å². The number of rotatable bonds is 6. The molecule has 1 aromatic rings. The molecule has 0 aromatic carbocycles. The van der Waals surface area contributed by atoms with Gasteiger partial charge in [-0.15, -0.1) is 0 Å². The van der Waals surface area contributed by atoms with Crippen molar-refractivity contribution in [2.75, 3.05) is 14.2 Å². The van der Waals surface area contributed by atoms with Crippen LogP contribution in [0.2, 0.25) is 0 Å². The highest BCUT2D eigenvalue weighted by atomic mass is 16.5. The first-order valence-corrected chi connectivity index (χ1v) is 6.28. The van der Waals surface area contributed by atoms with Gasteiger partial charge >= 0.3 is 0 Å². The van der Waals surface area contributed by atoms with Crippen LogP contribution in [0.5, 0.6) is 0 Å². The van der Waals surface area contributed by atoms with Gasteiger partial charge in [0.15, 0.2) is 0 Å². The summed E-state index contributed by atoms with van der Waals surface area (Å²) in [6.45, 7) is 6.46. The van der Waals surface area contributed by atoms with E-state index in [-0.39, 0.29) is 11.6 Å². The molecule has 1 N–H and O–H groups in total. The molecule has 0 amide bonds. The van der Waals surface area contributed by atoms with Gasteiger partial charge in [-0.25, -0.2) is 0 Å². The average Bonchev–Trinajstić information content (AvgIpc) is 2.38. The molecule has 96 valence electrons. The molecule has 3 heteroatoms. The van der Waals surface area contributed by atoms with Crippen molar-refractivity contribution in [1.29, 1.82) is 0 Å². The molecule has 17 heavy (non-hydrogen) atoms. The molecule has 1 atom stereocenters. The fraction of sp³-hybridized carbons (Fsp3) is 0.643. The Morgan fingerprint density at radius 3 is 2.47 bits per heavy atom. The Labute approximate surface area is 105 Å². The summed E-state index contributed by atoms with van der Waals surface area (Å²) in [5.74, 6) is 0. The van der Waals surface area contributed by atoms with Crippen molar-refractivity contribution in [3.8, 4) is 0 Å². The normalized spacial score (nSPS) is 13.7. The van der Waals surface area contributed by atoms with E-state index < -0.39 is 0 Å². The van der Waals surface area contributed by atoms with E-state index in [0.29, 0.717) is 0 Å². The number of pyridine rings is 1. The molecule has 1 aromatic heterocycles. The lowest BCUT2D eigenvalue weighted by Crippen LogP contribution is -2.44. The third-order valence-corrected chi connectivity index (χ3v) is 3.81. The molecule has 1 unspecified atom stereocenters. The number of hydrogen-bond acceptors (Lipinski definition) is 3. The topological polar surface area (TPSA) is 34.1 Å². The van der Waals surface area contributed by atoms with Crippen molar-refractivity contribution in [3.05, 3.63) is 29.6 Å². The number of aryl methyl sites for hydroxylation is 1. The molecule has 1 heterocycles. The Morgan fingerprint density at radius 1 is 1.41 bits per heavy atom. The first-order chi connectivity index (χ1) is 8.15. The van der Waals surface area contributed by atoms with Gasteiger partial charge in [0.25, 0.3) is 0 Å². The molecule has 1 rings (SSSR count). The molecule has 0 saturated carbocycles. The van der Waals surface area contributed by atoms with Crippen LogP contribution in [-0.2, 0) is 4.74 Å². The van der Waals surface area contributed by atoms with Crippen molar-refractivity contribution >= 4 is 0 Å². The summed E-state index contributed by atoms with van der Waals surface area (Å²) in [5, 5.41) is 3.39. The van der Waals surface area contributed by atoms with Gasteiger partial charge in [0.05, 0.1) is 11.6 Å². The second-order valence-electron chi connectivity index (χ2n) is 4.43. The van der Waals surface area contributed by atoms with E-state index >= 15 is 0 Å². The van der Waals surface area contributed by atoms with Gasteiger partial charge in [-0.05, 0) is 44.0 Å². The minimum absolute atomic E-state index is 0.164. The van der Waals surface area contributed by atoms with Gasteiger partial charge < -0.3 is 10.1 Å². The van der Waals surface area contributed by atoms with Crippen LogP contribution in [0.1, 0.15) is 43.9 Å². The van der Waals surface area contributed by atoms with E-state index in [1.807, 2.05) is 25.5 Å². The van der Waals surface area contributed by atoms with Gasteiger partial charge in [0.1, 0.15) is 0 Å². The number of nitrogens with zero attached hydrogens (tertiary/aromatic N) is 1. The summed E-state index contributed by atoms with van der Waals surface area (Å²) in [6, 6.07) is 2.22. The molecule has 0 aliphatic carbocycles. The molecule has 0 aliphatic rings. The molecule has 0 fully saturated rings. The molecule has 3 nitrogen and oxygen atoms in total. The fourth-order valence-corrected chi connectivity index (χ4v) is 2.55. The highest BCUT2D eigenvalue weighted by molar-refractivity contribution is 5.27. The zero-order chi connectivity index (χ0) is 12.9. The van der Waals surface area contributed by atoms with Crippen molar-refractivity contribution in [3.63, 3.8) is 0 Å². The van der Waals surface area contributed by atoms with Crippen LogP contribution in [-0.4, -0.2) is 24.7 Å². The predicted molar refractivity (Wildman–Crippen MR) is 71.1 cm³/mol. The average molecular weight is 236 g/mol. The standard InChI is InChI=1S/C14H24N2O/c1-6-14(7-2,17-5)13(15-4)12-10-16-9-8-11(12)3/h8-10,13,15H,6-7H2,1-5H3. The number of nitrogens with one attached hydrogen (secondary N) is 1. The van der Waals surface area contributed by atoms with Crippen LogP contribution in [0.15, 0.2) is 18.5 Å². The third kappa shape index (κ3) is 2.67. The summed E-state index contributed by atoms with van der Waals surface area (Å²) in [5.41, 5.74) is 2.31. The van der Waals surface area contributed by atoms with E-state index in [0.717, 1.165) is 12.8 Å². The Balaban J connectivity index is 3.18. The maximum Gasteiger partial charge on any atom is 0.0867 e. The molecule has 0 bridgehead atoms. The maximum absolute atomic E-state index is 5.81. The van der Waals surface area contributed by atoms with Gasteiger partial charge in [-0.3, -0.25) is 4.98 Å². The van der Waals surface area contributed by atoms with Crippen molar-refractivity contribution in [2.45, 2.75) is 45.3 Å². The smallest absolute Gasteiger partial charge is 0.0867 e. The first-order valence-electron chi connectivity index (χ1n) is 6.28. The SMILES string of the molecule is CCC(CC)(OC)C(NC)c1cnccc1C. The number of aromatic nitrogens is 1. The summed E-state index contributed by atoms with van der Waals surface area (Å²) in [7, 11) is 3.78. The number of ether oxygens (including phenoxy) is 1. The zero-order valence-electron chi connectivity index (χ0n) is 11.6. The van der Waals surface area contributed by atoms with Crippen LogP contribution < -0.4 is 5.32 Å². The van der Waals surface area contributed by atoms with Crippen molar-refractivity contribution < 1.29 is 4.74 Å². The Morgan fingerprint density at radius 2 is 2.06 bits per heavy atom. The first kappa shape index (κ1) is 14.1. The minimum Gasteiger partial charge on any atom is -0.376 e. The predicted octanol–water partition coefficient (Wildman–Crippen LogP) is 2.86. The van der Waals surface area contributed by atoms with Gasteiger partial charge in [-0.2, -0.15) is 0 Å². The minimum atomic E-state index is -0.164. The molecule has 0 radical (unpaired) electrons. The van der Waals surface area contributed by atoms with Crippen molar-refractivity contribution in [2.24, 2.45) is 0 Å². The second-order valence-corrected chi connectivity index (χ2v) is 4.43. The van der Waals surface area contributed by atoms with Crippen LogP contribution in [0.3, 0.4) is 0 Å². The third-order valence-electron chi connectivity index (χ3n) is 3.81. The van der Waals surface area contributed by atoms with Crippen LogP contribution in [0, 0.1) is 6.92 Å². The fourth-order valence-electron chi connectivity index (χ4n) is 2.55. The van der Waals surface area contributed by atoms with E-state index in [2.05, 4.69) is 31.1 Å². The monoisotopic (exact) mass is 236 g/mol. The molecular weight excluding hydrogens is 212 g/mol. The maximum atomic E-state index is 5.81. The van der Waals surface area contributed by atoms with Crippen LogP contribution >= 0.6 is 0 Å². The molecular formula is C14H24N2O. The summed E-state index contributed by atoms with van der Waals surface area (Å²) in [4.78, 5) is 4.24. The quantitative estimate of drug-likeness (QED) is 0.824. The highest BCUT2D eigenvalue weighted by Crippen LogP contribution is 2.35. The second kappa shape index (κ2) is 6.12. The zero-order valence-corrected chi connectivity index (χ0v) is 11.6. The Hall–Kier alpha value is -0.930. The van der Waals surface area contributed by atoms with Crippen LogP contribution in [0.4, 0.5) is 0 Å². The van der Waals surface area contributed by atoms with Crippen molar-refractivity contribution in [1.82, 2.24) is 10.3 Å². The van der Waals surface area contributed by atoms with Crippen LogP contribution in [0.25, 0.3) is 0 Å². The Bertz CT molecular complexity index is 340. The van der Waals surface area contributed by atoms with E-state index in [9.17, 15) is 0 Å².